The Labute approximate surface area is 147 Å². The maximum Gasteiger partial charge on any atom is 0.220 e. The van der Waals surface area contributed by atoms with Crippen molar-refractivity contribution >= 4 is 33.3 Å². The van der Waals surface area contributed by atoms with E-state index in [4.69, 9.17) is 0 Å². The van der Waals surface area contributed by atoms with Gasteiger partial charge in [-0.3, -0.25) is 0 Å². The number of hydrogen-bond acceptors (Lipinski definition) is 7. The van der Waals surface area contributed by atoms with Gasteiger partial charge in [0.05, 0.1) is 5.69 Å². The van der Waals surface area contributed by atoms with Crippen molar-refractivity contribution in [3.05, 3.63) is 46.6 Å². The van der Waals surface area contributed by atoms with Gasteiger partial charge in [0.1, 0.15) is 16.2 Å². The number of fused-ring (bicyclic) bond motifs is 1. The Bertz CT molecular complexity index is 1020. The first kappa shape index (κ1) is 15.2. The summed E-state index contributed by atoms with van der Waals surface area (Å²) >= 11 is 3.11. The number of rotatable bonds is 3. The molecule has 0 saturated heterocycles. The van der Waals surface area contributed by atoms with Crippen LogP contribution in [0.4, 0.5) is 0 Å². The zero-order valence-corrected chi connectivity index (χ0v) is 15.0. The summed E-state index contributed by atoms with van der Waals surface area (Å²) in [6.45, 7) is 6.20. The van der Waals surface area contributed by atoms with Gasteiger partial charge in [0.25, 0.3) is 0 Å². The minimum atomic E-state index is 0.684. The van der Waals surface area contributed by atoms with Crippen LogP contribution in [0.25, 0.3) is 15.9 Å². The van der Waals surface area contributed by atoms with Crippen molar-refractivity contribution < 1.29 is 0 Å². The molecule has 0 bridgehead atoms. The Morgan fingerprint density at radius 2 is 1.79 bits per heavy atom. The molecule has 0 atom stereocenters. The molecule has 24 heavy (non-hydrogen) atoms. The molecule has 3 aromatic heterocycles. The van der Waals surface area contributed by atoms with E-state index in [9.17, 15) is 0 Å². The minimum absolute atomic E-state index is 0.684. The third kappa shape index (κ3) is 2.78. The fraction of sp³-hybridized carbons (Fsp3) is 0.188. The molecule has 0 amide bonds. The fourth-order valence-electron chi connectivity index (χ4n) is 2.60. The van der Waals surface area contributed by atoms with Crippen molar-refractivity contribution in [2.75, 3.05) is 0 Å². The number of tetrazole rings is 1. The first-order valence-corrected chi connectivity index (χ1v) is 8.99. The molecule has 0 spiro atoms. The zero-order valence-electron chi connectivity index (χ0n) is 13.4. The first-order chi connectivity index (χ1) is 11.6. The van der Waals surface area contributed by atoms with E-state index in [0.29, 0.717) is 5.16 Å². The molecule has 120 valence electrons. The molecule has 0 fully saturated rings. The summed E-state index contributed by atoms with van der Waals surface area (Å²) in [6.07, 6.45) is 1.59. The lowest BCUT2D eigenvalue weighted by Crippen LogP contribution is -2.00. The average Bonchev–Trinajstić information content (AvgIpc) is 3.12. The van der Waals surface area contributed by atoms with Crippen molar-refractivity contribution in [1.29, 1.82) is 0 Å². The smallest absolute Gasteiger partial charge is 0.220 e. The van der Waals surface area contributed by atoms with Crippen LogP contribution in [0.5, 0.6) is 0 Å². The Balaban J connectivity index is 1.77. The van der Waals surface area contributed by atoms with Gasteiger partial charge >= 0.3 is 0 Å². The molecule has 6 nitrogen and oxygen atoms in total. The van der Waals surface area contributed by atoms with Gasteiger partial charge in [-0.15, -0.1) is 16.4 Å². The maximum atomic E-state index is 4.41. The van der Waals surface area contributed by atoms with Gasteiger partial charge in [-0.05, 0) is 72.3 Å². The Kier molecular flexibility index (Phi) is 3.78. The van der Waals surface area contributed by atoms with E-state index in [1.54, 1.807) is 22.3 Å². The second-order valence-electron chi connectivity index (χ2n) is 5.58. The second-order valence-corrected chi connectivity index (χ2v) is 7.77. The predicted molar refractivity (Wildman–Crippen MR) is 94.9 cm³/mol. The molecule has 3 heterocycles. The highest BCUT2D eigenvalue weighted by molar-refractivity contribution is 7.99. The van der Waals surface area contributed by atoms with Crippen LogP contribution in [0.2, 0.25) is 0 Å². The Morgan fingerprint density at radius 3 is 2.58 bits per heavy atom. The van der Waals surface area contributed by atoms with E-state index in [0.717, 1.165) is 20.9 Å². The topological polar surface area (TPSA) is 69.4 Å². The lowest BCUT2D eigenvalue weighted by molar-refractivity contribution is 0.754. The monoisotopic (exact) mass is 354 g/mol. The molecule has 0 unspecified atom stereocenters. The standard InChI is InChI=1S/C16H14N6S2/c1-9-4-10(2)6-12(5-9)22-16(19-20-21-22)24-15-13-7-11(3)23-14(13)17-8-18-15/h4-8H,1-3H3. The van der Waals surface area contributed by atoms with E-state index in [1.165, 1.54) is 27.8 Å². The van der Waals surface area contributed by atoms with Gasteiger partial charge in [-0.2, -0.15) is 4.68 Å². The second kappa shape index (κ2) is 5.95. The number of aryl methyl sites for hydroxylation is 3. The molecule has 0 saturated carbocycles. The van der Waals surface area contributed by atoms with Gasteiger partial charge in [-0.1, -0.05) is 6.07 Å². The number of hydrogen-bond donors (Lipinski definition) is 0. The molecule has 0 radical (unpaired) electrons. The zero-order chi connectivity index (χ0) is 16.7. The van der Waals surface area contributed by atoms with Gasteiger partial charge in [0, 0.05) is 10.3 Å². The SMILES string of the molecule is Cc1cc(C)cc(-n2nnnc2Sc2ncnc3sc(C)cc23)c1. The van der Waals surface area contributed by atoms with Crippen LogP contribution in [0, 0.1) is 20.8 Å². The average molecular weight is 354 g/mol. The summed E-state index contributed by atoms with van der Waals surface area (Å²) < 4.78 is 1.75. The highest BCUT2D eigenvalue weighted by Crippen LogP contribution is 2.34. The van der Waals surface area contributed by atoms with Crippen LogP contribution >= 0.6 is 23.1 Å². The van der Waals surface area contributed by atoms with Crippen LogP contribution in [-0.2, 0) is 0 Å². The molecule has 0 aliphatic rings. The lowest BCUT2D eigenvalue weighted by atomic mass is 10.1. The molecular formula is C16H14N6S2. The van der Waals surface area contributed by atoms with E-state index in [2.05, 4.69) is 70.5 Å². The quantitative estimate of drug-likeness (QED) is 0.522. The van der Waals surface area contributed by atoms with Crippen molar-refractivity contribution in [2.24, 2.45) is 0 Å². The molecule has 0 aliphatic heterocycles. The van der Waals surface area contributed by atoms with Gasteiger partial charge in [0.15, 0.2) is 0 Å². The molecule has 4 rings (SSSR count). The summed E-state index contributed by atoms with van der Waals surface area (Å²) in [5.41, 5.74) is 3.30. The predicted octanol–water partition coefficient (Wildman–Crippen LogP) is 3.74. The molecule has 4 aromatic rings. The van der Waals surface area contributed by atoms with Crippen LogP contribution in [0.1, 0.15) is 16.0 Å². The van der Waals surface area contributed by atoms with E-state index < -0.39 is 0 Å². The first-order valence-electron chi connectivity index (χ1n) is 7.36. The van der Waals surface area contributed by atoms with Crippen LogP contribution in [0.3, 0.4) is 0 Å². The van der Waals surface area contributed by atoms with E-state index in [-0.39, 0.29) is 0 Å². The Hall–Kier alpha value is -2.32. The Morgan fingerprint density at radius 1 is 1.00 bits per heavy atom. The number of aromatic nitrogens is 6. The third-order valence-electron chi connectivity index (χ3n) is 3.50. The molecule has 0 aliphatic carbocycles. The summed E-state index contributed by atoms with van der Waals surface area (Å²) in [6, 6.07) is 8.37. The highest BCUT2D eigenvalue weighted by atomic mass is 32.2. The van der Waals surface area contributed by atoms with Crippen molar-refractivity contribution in [3.63, 3.8) is 0 Å². The molecular weight excluding hydrogens is 340 g/mol. The highest BCUT2D eigenvalue weighted by Gasteiger charge is 2.15. The molecule has 8 heteroatoms. The van der Waals surface area contributed by atoms with Crippen LogP contribution in [0.15, 0.2) is 40.8 Å². The number of nitrogens with zero attached hydrogens (tertiary/aromatic N) is 6. The number of benzene rings is 1. The molecule has 1 aromatic carbocycles. The van der Waals surface area contributed by atoms with Crippen molar-refractivity contribution in [1.82, 2.24) is 30.2 Å². The third-order valence-corrected chi connectivity index (χ3v) is 5.41. The summed E-state index contributed by atoms with van der Waals surface area (Å²) in [4.78, 5) is 10.9. The maximum absolute atomic E-state index is 4.41. The lowest BCUT2D eigenvalue weighted by Gasteiger charge is -2.06. The van der Waals surface area contributed by atoms with Gasteiger partial charge in [0.2, 0.25) is 5.16 Å². The van der Waals surface area contributed by atoms with Gasteiger partial charge < -0.3 is 0 Å². The van der Waals surface area contributed by atoms with E-state index in [1.807, 2.05) is 0 Å². The fourth-order valence-corrected chi connectivity index (χ4v) is 4.36. The van der Waals surface area contributed by atoms with Gasteiger partial charge in [-0.25, -0.2) is 9.97 Å². The summed E-state index contributed by atoms with van der Waals surface area (Å²) in [7, 11) is 0. The van der Waals surface area contributed by atoms with Crippen molar-refractivity contribution in [2.45, 2.75) is 31.0 Å². The summed E-state index contributed by atoms with van der Waals surface area (Å²) in [5, 5.41) is 14.7. The van der Waals surface area contributed by atoms with Crippen LogP contribution in [-0.4, -0.2) is 30.2 Å². The minimum Gasteiger partial charge on any atom is -0.229 e. The normalized spacial score (nSPS) is 11.3. The van der Waals surface area contributed by atoms with Crippen molar-refractivity contribution in [3.8, 4) is 5.69 Å². The molecule has 0 N–H and O–H groups in total. The summed E-state index contributed by atoms with van der Waals surface area (Å²) in [5.74, 6) is 0. The van der Waals surface area contributed by atoms with Crippen LogP contribution < -0.4 is 0 Å². The largest absolute Gasteiger partial charge is 0.229 e. The number of thiophene rings is 1. The van der Waals surface area contributed by atoms with E-state index >= 15 is 0 Å².